The van der Waals surface area contributed by atoms with Crippen molar-refractivity contribution in [1.82, 2.24) is 0 Å². The highest BCUT2D eigenvalue weighted by atomic mass is 127. The van der Waals surface area contributed by atoms with E-state index in [9.17, 15) is 5.11 Å². The van der Waals surface area contributed by atoms with E-state index in [-0.39, 0.29) is 0 Å². The molecule has 0 spiro atoms. The van der Waals surface area contributed by atoms with E-state index in [1.807, 2.05) is 36.4 Å². The third-order valence-electron chi connectivity index (χ3n) is 2.60. The molecule has 2 aromatic carbocycles. The van der Waals surface area contributed by atoms with Crippen molar-refractivity contribution in [3.05, 3.63) is 68.3 Å². The molecule has 17 heavy (non-hydrogen) atoms. The highest BCUT2D eigenvalue weighted by Crippen LogP contribution is 2.20. The highest BCUT2D eigenvalue weighted by Gasteiger charge is 2.08. The molecule has 0 saturated carbocycles. The molecular weight excluding hydrogens is 347 g/mol. The van der Waals surface area contributed by atoms with Gasteiger partial charge < -0.3 is 5.11 Å². The maximum absolute atomic E-state index is 10.1. The van der Waals surface area contributed by atoms with E-state index in [0.29, 0.717) is 11.4 Å². The van der Waals surface area contributed by atoms with Gasteiger partial charge in [0.1, 0.15) is 0 Å². The maximum Gasteiger partial charge on any atom is 0.0830 e. The number of halogens is 2. The fourth-order valence-electron chi connectivity index (χ4n) is 1.65. The van der Waals surface area contributed by atoms with Gasteiger partial charge >= 0.3 is 0 Å². The van der Waals surface area contributed by atoms with E-state index < -0.39 is 6.10 Å². The van der Waals surface area contributed by atoms with E-state index in [2.05, 4.69) is 22.6 Å². The first kappa shape index (κ1) is 12.9. The van der Waals surface area contributed by atoms with Gasteiger partial charge in [-0.1, -0.05) is 35.9 Å². The zero-order valence-electron chi connectivity index (χ0n) is 9.11. The first-order valence-corrected chi connectivity index (χ1v) is 6.79. The fourth-order valence-corrected chi connectivity index (χ4v) is 2.13. The first-order valence-electron chi connectivity index (χ1n) is 5.33. The van der Waals surface area contributed by atoms with Crippen LogP contribution >= 0.6 is 34.2 Å². The van der Waals surface area contributed by atoms with Crippen molar-refractivity contribution in [2.45, 2.75) is 12.5 Å². The summed E-state index contributed by atoms with van der Waals surface area (Å²) in [6.45, 7) is 0. The topological polar surface area (TPSA) is 20.2 Å². The van der Waals surface area contributed by atoms with Gasteiger partial charge in [-0.2, -0.15) is 0 Å². The van der Waals surface area contributed by atoms with Crippen LogP contribution < -0.4 is 0 Å². The third-order valence-corrected chi connectivity index (χ3v) is 3.57. The van der Waals surface area contributed by atoms with E-state index in [4.69, 9.17) is 11.6 Å². The molecule has 0 aliphatic carbocycles. The molecule has 0 bridgehead atoms. The Morgan fingerprint density at radius 2 is 1.59 bits per heavy atom. The fraction of sp³-hybridized carbons (Fsp3) is 0.143. The Morgan fingerprint density at radius 3 is 2.18 bits per heavy atom. The lowest BCUT2D eigenvalue weighted by molar-refractivity contribution is 0.178. The number of aliphatic hydroxyl groups excluding tert-OH is 1. The van der Waals surface area contributed by atoms with Crippen LogP contribution in [0, 0.1) is 3.57 Å². The summed E-state index contributed by atoms with van der Waals surface area (Å²) in [6.07, 6.45) is 0.144. The van der Waals surface area contributed by atoms with E-state index in [1.54, 1.807) is 12.1 Å². The molecule has 88 valence electrons. The molecule has 0 aliphatic rings. The predicted molar refractivity (Wildman–Crippen MR) is 79.3 cm³/mol. The lowest BCUT2D eigenvalue weighted by Gasteiger charge is -2.11. The van der Waals surface area contributed by atoms with Crippen LogP contribution in [0.25, 0.3) is 0 Å². The number of hydrogen-bond acceptors (Lipinski definition) is 1. The van der Waals surface area contributed by atoms with Gasteiger partial charge in [-0.05, 0) is 58.0 Å². The number of aliphatic hydroxyl groups is 1. The zero-order valence-corrected chi connectivity index (χ0v) is 12.0. The average Bonchev–Trinajstić information content (AvgIpc) is 2.33. The Morgan fingerprint density at radius 1 is 1.00 bits per heavy atom. The van der Waals surface area contributed by atoms with Crippen LogP contribution in [0.5, 0.6) is 0 Å². The lowest BCUT2D eigenvalue weighted by Crippen LogP contribution is -2.01. The molecule has 1 unspecified atom stereocenters. The molecular formula is C14H12ClIO. The second kappa shape index (κ2) is 5.85. The molecule has 3 heteroatoms. The monoisotopic (exact) mass is 358 g/mol. The normalized spacial score (nSPS) is 12.4. The van der Waals surface area contributed by atoms with Crippen LogP contribution in [-0.4, -0.2) is 5.11 Å². The standard InChI is InChI=1S/C14H12ClIO/c15-12-5-3-11(4-6-12)14(17)9-10-1-7-13(16)8-2-10/h1-8,14,17H,9H2. The van der Waals surface area contributed by atoms with Crippen molar-refractivity contribution in [3.63, 3.8) is 0 Å². The molecule has 0 radical (unpaired) electrons. The summed E-state index contributed by atoms with van der Waals surface area (Å²) in [5.74, 6) is 0. The van der Waals surface area contributed by atoms with Crippen molar-refractivity contribution < 1.29 is 5.11 Å². The van der Waals surface area contributed by atoms with Crippen molar-refractivity contribution in [2.24, 2.45) is 0 Å². The summed E-state index contributed by atoms with van der Waals surface area (Å²) in [6, 6.07) is 15.5. The first-order chi connectivity index (χ1) is 8.15. The molecule has 2 rings (SSSR count). The van der Waals surface area contributed by atoms with Crippen LogP contribution in [0.3, 0.4) is 0 Å². The van der Waals surface area contributed by atoms with Crippen LogP contribution in [0.4, 0.5) is 0 Å². The van der Waals surface area contributed by atoms with Crippen molar-refractivity contribution in [2.75, 3.05) is 0 Å². The number of benzene rings is 2. The van der Waals surface area contributed by atoms with Gasteiger partial charge in [0.2, 0.25) is 0 Å². The smallest absolute Gasteiger partial charge is 0.0830 e. The number of rotatable bonds is 3. The molecule has 0 heterocycles. The third kappa shape index (κ3) is 3.69. The van der Waals surface area contributed by atoms with Crippen LogP contribution in [0.15, 0.2) is 48.5 Å². The maximum atomic E-state index is 10.1. The van der Waals surface area contributed by atoms with Gasteiger partial charge in [0.25, 0.3) is 0 Å². The van der Waals surface area contributed by atoms with Crippen molar-refractivity contribution >= 4 is 34.2 Å². The molecule has 2 aromatic rings. The lowest BCUT2D eigenvalue weighted by atomic mass is 10.0. The van der Waals surface area contributed by atoms with Gasteiger partial charge in [-0.3, -0.25) is 0 Å². The Kier molecular flexibility index (Phi) is 4.42. The Balaban J connectivity index is 2.08. The largest absolute Gasteiger partial charge is 0.388 e. The Bertz CT molecular complexity index is 479. The van der Waals surface area contributed by atoms with Gasteiger partial charge in [-0.25, -0.2) is 0 Å². The van der Waals surface area contributed by atoms with Gasteiger partial charge in [0.15, 0.2) is 0 Å². The molecule has 1 nitrogen and oxygen atoms in total. The minimum Gasteiger partial charge on any atom is -0.388 e. The SMILES string of the molecule is OC(Cc1ccc(I)cc1)c1ccc(Cl)cc1. The summed E-state index contributed by atoms with van der Waals surface area (Å²) in [5.41, 5.74) is 2.03. The minimum atomic E-state index is -0.479. The molecule has 0 amide bonds. The molecule has 1 atom stereocenters. The van der Waals surface area contributed by atoms with E-state index in [1.165, 1.54) is 3.57 Å². The summed E-state index contributed by atoms with van der Waals surface area (Å²) in [5, 5.41) is 10.8. The summed E-state index contributed by atoms with van der Waals surface area (Å²) >= 11 is 8.08. The molecule has 0 aromatic heterocycles. The highest BCUT2D eigenvalue weighted by molar-refractivity contribution is 14.1. The quantitative estimate of drug-likeness (QED) is 0.815. The second-order valence-electron chi connectivity index (χ2n) is 3.90. The Labute approximate surface area is 120 Å². The summed E-state index contributed by atoms with van der Waals surface area (Å²) in [7, 11) is 0. The minimum absolute atomic E-state index is 0.479. The summed E-state index contributed by atoms with van der Waals surface area (Å²) < 4.78 is 1.20. The van der Waals surface area contributed by atoms with Crippen LogP contribution in [0.2, 0.25) is 5.02 Å². The van der Waals surface area contributed by atoms with Crippen molar-refractivity contribution in [3.8, 4) is 0 Å². The van der Waals surface area contributed by atoms with Crippen LogP contribution in [-0.2, 0) is 6.42 Å². The van der Waals surface area contributed by atoms with E-state index >= 15 is 0 Å². The van der Waals surface area contributed by atoms with Gasteiger partial charge in [0, 0.05) is 15.0 Å². The molecule has 1 N–H and O–H groups in total. The van der Waals surface area contributed by atoms with E-state index in [0.717, 1.165) is 11.1 Å². The number of hydrogen-bond donors (Lipinski definition) is 1. The zero-order chi connectivity index (χ0) is 12.3. The molecule has 0 aliphatic heterocycles. The predicted octanol–water partition coefficient (Wildman–Crippen LogP) is 4.22. The molecule has 0 fully saturated rings. The van der Waals surface area contributed by atoms with Crippen molar-refractivity contribution in [1.29, 1.82) is 0 Å². The molecule has 0 saturated heterocycles. The van der Waals surface area contributed by atoms with Gasteiger partial charge in [0.05, 0.1) is 6.10 Å². The summed E-state index contributed by atoms with van der Waals surface area (Å²) in [4.78, 5) is 0. The van der Waals surface area contributed by atoms with Gasteiger partial charge in [-0.15, -0.1) is 0 Å². The Hall–Kier alpha value is -0.580. The van der Waals surface area contributed by atoms with Crippen LogP contribution in [0.1, 0.15) is 17.2 Å². The average molecular weight is 359 g/mol. The second-order valence-corrected chi connectivity index (χ2v) is 5.58.